The van der Waals surface area contributed by atoms with Gasteiger partial charge in [-0.3, -0.25) is 4.79 Å². The number of rotatable bonds is 6. The normalized spacial score (nSPS) is 18.1. The minimum atomic E-state index is 0.162. The summed E-state index contributed by atoms with van der Waals surface area (Å²) in [6.07, 6.45) is 2.00. The SMILES string of the molecule is CCS[C@@H]1c2ccccc2C(=O)N1[C@H](C)CCc1ccccc1. The number of thioether (sulfide) groups is 1. The van der Waals surface area contributed by atoms with Crippen molar-refractivity contribution in [1.82, 2.24) is 4.90 Å². The Morgan fingerprint density at radius 1 is 1.09 bits per heavy atom. The Morgan fingerprint density at radius 3 is 2.52 bits per heavy atom. The molecule has 2 aromatic rings. The molecule has 1 amide bonds. The second-order valence-electron chi connectivity index (χ2n) is 5.98. The Bertz CT molecular complexity index is 670. The molecule has 3 heteroatoms. The van der Waals surface area contributed by atoms with E-state index in [-0.39, 0.29) is 17.3 Å². The van der Waals surface area contributed by atoms with Crippen LogP contribution in [0.3, 0.4) is 0 Å². The lowest BCUT2D eigenvalue weighted by molar-refractivity contribution is 0.0703. The molecule has 120 valence electrons. The van der Waals surface area contributed by atoms with Crippen molar-refractivity contribution in [1.29, 1.82) is 0 Å². The Balaban J connectivity index is 1.76. The van der Waals surface area contributed by atoms with Crippen LogP contribution in [0.1, 0.15) is 47.1 Å². The summed E-state index contributed by atoms with van der Waals surface area (Å²) in [5.74, 6) is 1.20. The zero-order valence-corrected chi connectivity index (χ0v) is 14.6. The first-order valence-electron chi connectivity index (χ1n) is 8.29. The number of carbonyl (C=O) groups excluding carboxylic acids is 1. The Hall–Kier alpha value is -1.74. The molecule has 0 fully saturated rings. The Kier molecular flexibility index (Phi) is 5.06. The summed E-state index contributed by atoms with van der Waals surface area (Å²) in [4.78, 5) is 14.9. The Morgan fingerprint density at radius 2 is 1.78 bits per heavy atom. The molecule has 2 nitrogen and oxygen atoms in total. The lowest BCUT2D eigenvalue weighted by atomic mass is 10.1. The number of fused-ring (bicyclic) bond motifs is 1. The fraction of sp³-hybridized carbons (Fsp3) is 0.350. The van der Waals surface area contributed by atoms with Gasteiger partial charge in [-0.1, -0.05) is 55.5 Å². The topological polar surface area (TPSA) is 20.3 Å². The zero-order valence-electron chi connectivity index (χ0n) is 13.7. The van der Waals surface area contributed by atoms with Crippen LogP contribution in [0.4, 0.5) is 0 Å². The second kappa shape index (κ2) is 7.22. The van der Waals surface area contributed by atoms with Crippen molar-refractivity contribution in [3.05, 3.63) is 71.3 Å². The van der Waals surface area contributed by atoms with Gasteiger partial charge >= 0.3 is 0 Å². The third-order valence-corrected chi connectivity index (χ3v) is 5.57. The highest BCUT2D eigenvalue weighted by atomic mass is 32.2. The average Bonchev–Trinajstić information content (AvgIpc) is 2.87. The predicted molar refractivity (Wildman–Crippen MR) is 97.7 cm³/mol. The van der Waals surface area contributed by atoms with Crippen LogP contribution in [0.25, 0.3) is 0 Å². The van der Waals surface area contributed by atoms with Crippen molar-refractivity contribution in [2.24, 2.45) is 0 Å². The van der Waals surface area contributed by atoms with Gasteiger partial charge in [-0.25, -0.2) is 0 Å². The van der Waals surface area contributed by atoms with E-state index in [9.17, 15) is 4.79 Å². The smallest absolute Gasteiger partial charge is 0.255 e. The molecule has 23 heavy (non-hydrogen) atoms. The lowest BCUT2D eigenvalue weighted by Gasteiger charge is -2.31. The standard InChI is InChI=1S/C20H23NOS/c1-3-23-20-18-12-8-7-11-17(18)19(22)21(20)15(2)13-14-16-9-5-4-6-10-16/h4-12,15,20H,3,13-14H2,1-2H3/t15-,20-/m1/s1. The molecule has 1 aliphatic heterocycles. The second-order valence-corrected chi connectivity index (χ2v) is 7.34. The zero-order chi connectivity index (χ0) is 16.2. The van der Waals surface area contributed by atoms with Crippen LogP contribution in [-0.2, 0) is 6.42 Å². The van der Waals surface area contributed by atoms with Crippen LogP contribution in [0, 0.1) is 0 Å². The van der Waals surface area contributed by atoms with E-state index in [2.05, 4.69) is 49.1 Å². The maximum Gasteiger partial charge on any atom is 0.255 e. The van der Waals surface area contributed by atoms with E-state index in [1.165, 1.54) is 11.1 Å². The van der Waals surface area contributed by atoms with Gasteiger partial charge in [0.25, 0.3) is 5.91 Å². The van der Waals surface area contributed by atoms with Gasteiger partial charge in [0.15, 0.2) is 0 Å². The molecule has 1 heterocycles. The van der Waals surface area contributed by atoms with Crippen molar-refractivity contribution in [2.75, 3.05) is 5.75 Å². The molecule has 0 spiro atoms. The van der Waals surface area contributed by atoms with Gasteiger partial charge in [-0.15, -0.1) is 11.8 Å². The highest BCUT2D eigenvalue weighted by Crippen LogP contribution is 2.42. The summed E-state index contributed by atoms with van der Waals surface area (Å²) in [5, 5.41) is 0.162. The van der Waals surface area contributed by atoms with Crippen molar-refractivity contribution in [2.45, 2.75) is 38.1 Å². The fourth-order valence-corrected chi connectivity index (χ4v) is 4.39. The van der Waals surface area contributed by atoms with E-state index in [4.69, 9.17) is 0 Å². The van der Waals surface area contributed by atoms with Crippen LogP contribution in [0.15, 0.2) is 54.6 Å². The van der Waals surface area contributed by atoms with E-state index in [0.717, 1.165) is 24.2 Å². The summed E-state index contributed by atoms with van der Waals surface area (Å²) in [5.41, 5.74) is 3.39. The molecule has 2 atom stereocenters. The van der Waals surface area contributed by atoms with Crippen LogP contribution in [0.5, 0.6) is 0 Å². The first-order valence-corrected chi connectivity index (χ1v) is 9.34. The summed E-state index contributed by atoms with van der Waals surface area (Å²) >= 11 is 1.85. The molecule has 0 saturated carbocycles. The third-order valence-electron chi connectivity index (χ3n) is 4.44. The van der Waals surface area contributed by atoms with Gasteiger partial charge in [-0.2, -0.15) is 0 Å². The fourth-order valence-electron chi connectivity index (χ4n) is 3.22. The Labute approximate surface area is 142 Å². The summed E-state index contributed by atoms with van der Waals surface area (Å²) < 4.78 is 0. The highest BCUT2D eigenvalue weighted by Gasteiger charge is 2.38. The summed E-state index contributed by atoms with van der Waals surface area (Å²) in [7, 11) is 0. The molecule has 3 rings (SSSR count). The monoisotopic (exact) mass is 325 g/mol. The number of benzene rings is 2. The van der Waals surface area contributed by atoms with E-state index in [1.807, 2.05) is 36.0 Å². The lowest BCUT2D eigenvalue weighted by Crippen LogP contribution is -2.35. The molecule has 2 aromatic carbocycles. The van der Waals surface area contributed by atoms with E-state index >= 15 is 0 Å². The molecule has 0 unspecified atom stereocenters. The third kappa shape index (κ3) is 3.30. The molecule has 0 radical (unpaired) electrons. The number of hydrogen-bond donors (Lipinski definition) is 0. The maximum atomic E-state index is 12.8. The quantitative estimate of drug-likeness (QED) is 0.751. The highest BCUT2D eigenvalue weighted by molar-refractivity contribution is 7.99. The van der Waals surface area contributed by atoms with E-state index < -0.39 is 0 Å². The van der Waals surface area contributed by atoms with Gasteiger partial charge < -0.3 is 4.90 Å². The molecule has 0 aliphatic carbocycles. The molecule has 1 aliphatic rings. The van der Waals surface area contributed by atoms with Crippen LogP contribution in [-0.4, -0.2) is 22.6 Å². The maximum absolute atomic E-state index is 12.8. The molecular weight excluding hydrogens is 302 g/mol. The van der Waals surface area contributed by atoms with Gasteiger partial charge in [-0.05, 0) is 42.7 Å². The van der Waals surface area contributed by atoms with Crippen molar-refractivity contribution in [3.8, 4) is 0 Å². The van der Waals surface area contributed by atoms with Crippen LogP contribution >= 0.6 is 11.8 Å². The summed E-state index contributed by atoms with van der Waals surface area (Å²) in [6.45, 7) is 4.33. The van der Waals surface area contributed by atoms with Crippen LogP contribution in [0.2, 0.25) is 0 Å². The minimum absolute atomic E-state index is 0.162. The van der Waals surface area contributed by atoms with Crippen molar-refractivity contribution in [3.63, 3.8) is 0 Å². The van der Waals surface area contributed by atoms with Crippen molar-refractivity contribution >= 4 is 17.7 Å². The molecule has 0 N–H and O–H groups in total. The molecule has 0 bridgehead atoms. The van der Waals surface area contributed by atoms with Crippen molar-refractivity contribution < 1.29 is 4.79 Å². The van der Waals surface area contributed by atoms with E-state index in [0.29, 0.717) is 0 Å². The molecular formula is C20H23NOS. The average molecular weight is 325 g/mol. The van der Waals surface area contributed by atoms with Gasteiger partial charge in [0.05, 0.1) is 0 Å². The predicted octanol–water partition coefficient (Wildman–Crippen LogP) is 4.92. The minimum Gasteiger partial charge on any atom is -0.320 e. The van der Waals surface area contributed by atoms with Gasteiger partial charge in [0, 0.05) is 11.6 Å². The van der Waals surface area contributed by atoms with Gasteiger partial charge in [0.1, 0.15) is 5.37 Å². The molecule has 0 saturated heterocycles. The molecule has 0 aromatic heterocycles. The summed E-state index contributed by atoms with van der Waals surface area (Å²) in [6, 6.07) is 18.8. The first-order chi connectivity index (χ1) is 11.2. The largest absolute Gasteiger partial charge is 0.320 e. The number of amides is 1. The van der Waals surface area contributed by atoms with Crippen LogP contribution < -0.4 is 0 Å². The van der Waals surface area contributed by atoms with E-state index in [1.54, 1.807) is 0 Å². The number of nitrogens with zero attached hydrogens (tertiary/aromatic N) is 1. The first kappa shape index (κ1) is 16.1. The number of hydrogen-bond acceptors (Lipinski definition) is 2. The van der Waals surface area contributed by atoms with Gasteiger partial charge in [0.2, 0.25) is 0 Å². The number of aryl methyl sites for hydroxylation is 1. The number of carbonyl (C=O) groups is 1.